The molecule has 0 saturated carbocycles. The van der Waals surface area contributed by atoms with Crippen LogP contribution >= 0.6 is 0 Å². The first-order valence-corrected chi connectivity index (χ1v) is 5.21. The van der Waals surface area contributed by atoms with Crippen molar-refractivity contribution in [2.24, 2.45) is 11.8 Å². The Kier molecular flexibility index (Phi) is 4.17. The molecule has 3 atom stereocenters. The SMILES string of the molecule is CCOC(=O)C(C#N)C1C=C(F)C=CC1(F)C#N. The number of hydrogen-bond acceptors (Lipinski definition) is 4. The summed E-state index contributed by atoms with van der Waals surface area (Å²) in [5.41, 5.74) is -2.59. The van der Waals surface area contributed by atoms with Gasteiger partial charge in [0.2, 0.25) is 5.67 Å². The normalized spacial score (nSPS) is 27.6. The van der Waals surface area contributed by atoms with Crippen molar-refractivity contribution in [3.05, 3.63) is 24.1 Å². The highest BCUT2D eigenvalue weighted by Crippen LogP contribution is 2.36. The van der Waals surface area contributed by atoms with Gasteiger partial charge in [-0.3, -0.25) is 4.79 Å². The number of carbonyl (C=O) groups excluding carboxylic acids is 1. The highest BCUT2D eigenvalue weighted by Gasteiger charge is 2.46. The topological polar surface area (TPSA) is 73.9 Å². The van der Waals surface area contributed by atoms with Crippen LogP contribution in [0.2, 0.25) is 0 Å². The van der Waals surface area contributed by atoms with E-state index >= 15 is 0 Å². The number of rotatable bonds is 3. The van der Waals surface area contributed by atoms with Gasteiger partial charge in [0.25, 0.3) is 0 Å². The summed E-state index contributed by atoms with van der Waals surface area (Å²) < 4.78 is 31.9. The monoisotopic (exact) mass is 252 g/mol. The van der Waals surface area contributed by atoms with E-state index in [1.807, 2.05) is 0 Å². The molecule has 0 aliphatic heterocycles. The Balaban J connectivity index is 3.11. The zero-order valence-electron chi connectivity index (χ0n) is 9.56. The third kappa shape index (κ3) is 2.54. The van der Waals surface area contributed by atoms with E-state index in [0.29, 0.717) is 6.08 Å². The average Bonchev–Trinajstić information content (AvgIpc) is 2.35. The van der Waals surface area contributed by atoms with E-state index in [1.165, 1.54) is 13.0 Å². The van der Waals surface area contributed by atoms with Gasteiger partial charge >= 0.3 is 5.97 Å². The van der Waals surface area contributed by atoms with E-state index in [-0.39, 0.29) is 6.61 Å². The number of halogens is 2. The number of nitriles is 2. The molecule has 0 N–H and O–H groups in total. The van der Waals surface area contributed by atoms with E-state index in [9.17, 15) is 13.6 Å². The molecular formula is C12H10F2N2O2. The van der Waals surface area contributed by atoms with Crippen LogP contribution in [0.25, 0.3) is 0 Å². The van der Waals surface area contributed by atoms with E-state index in [1.54, 1.807) is 6.07 Å². The van der Waals surface area contributed by atoms with Crippen LogP contribution in [-0.2, 0) is 9.53 Å². The quantitative estimate of drug-likeness (QED) is 0.719. The lowest BCUT2D eigenvalue weighted by Gasteiger charge is -2.27. The molecule has 1 aliphatic rings. The number of hydrogen-bond donors (Lipinski definition) is 0. The minimum atomic E-state index is -2.59. The molecule has 18 heavy (non-hydrogen) atoms. The van der Waals surface area contributed by atoms with E-state index in [4.69, 9.17) is 10.5 Å². The first kappa shape index (κ1) is 13.9. The lowest BCUT2D eigenvalue weighted by molar-refractivity contribution is -0.148. The second-order valence-corrected chi connectivity index (χ2v) is 3.65. The maximum absolute atomic E-state index is 14.2. The third-order valence-electron chi connectivity index (χ3n) is 2.52. The van der Waals surface area contributed by atoms with Crippen molar-refractivity contribution in [2.75, 3.05) is 6.61 Å². The highest BCUT2D eigenvalue weighted by atomic mass is 19.1. The molecule has 4 nitrogen and oxygen atoms in total. The molecule has 0 heterocycles. The van der Waals surface area contributed by atoms with Crippen molar-refractivity contribution >= 4 is 5.97 Å². The van der Waals surface area contributed by atoms with Crippen LogP contribution in [0, 0.1) is 34.5 Å². The molecule has 0 saturated heterocycles. The Morgan fingerprint density at radius 1 is 1.67 bits per heavy atom. The summed E-state index contributed by atoms with van der Waals surface area (Å²) in [6.45, 7) is 1.54. The van der Waals surface area contributed by atoms with E-state index < -0.39 is 29.3 Å². The van der Waals surface area contributed by atoms with Crippen LogP contribution in [0.15, 0.2) is 24.1 Å². The largest absolute Gasteiger partial charge is 0.465 e. The summed E-state index contributed by atoms with van der Waals surface area (Å²) in [4.78, 5) is 11.5. The molecule has 1 aliphatic carbocycles. The van der Waals surface area contributed by atoms with Gasteiger partial charge in [-0.25, -0.2) is 8.78 Å². The van der Waals surface area contributed by atoms with Crippen LogP contribution in [0.4, 0.5) is 8.78 Å². The number of ether oxygens (including phenoxy) is 1. The Labute approximate surface area is 103 Å². The predicted octanol–water partition coefficient (Wildman–Crippen LogP) is 1.96. The van der Waals surface area contributed by atoms with E-state index in [2.05, 4.69) is 4.74 Å². The fourth-order valence-electron chi connectivity index (χ4n) is 1.62. The summed E-state index contributed by atoms with van der Waals surface area (Å²) in [6, 6.07) is 2.89. The van der Waals surface area contributed by atoms with Crippen LogP contribution in [0.5, 0.6) is 0 Å². The zero-order chi connectivity index (χ0) is 13.8. The van der Waals surface area contributed by atoms with Gasteiger partial charge in [0.05, 0.1) is 18.6 Å². The lowest BCUT2D eigenvalue weighted by atomic mass is 9.78. The van der Waals surface area contributed by atoms with Crippen LogP contribution in [-0.4, -0.2) is 18.2 Å². The third-order valence-corrected chi connectivity index (χ3v) is 2.52. The predicted molar refractivity (Wildman–Crippen MR) is 57.0 cm³/mol. The lowest BCUT2D eigenvalue weighted by Crippen LogP contribution is -2.39. The number of esters is 1. The van der Waals surface area contributed by atoms with Gasteiger partial charge in [0.1, 0.15) is 11.9 Å². The number of allylic oxidation sites excluding steroid dienone is 4. The number of carbonyl (C=O) groups is 1. The molecule has 94 valence electrons. The van der Waals surface area contributed by atoms with Crippen LogP contribution in [0.1, 0.15) is 6.92 Å². The van der Waals surface area contributed by atoms with Gasteiger partial charge in [-0.1, -0.05) is 0 Å². The van der Waals surface area contributed by atoms with E-state index in [0.717, 1.165) is 12.2 Å². The van der Waals surface area contributed by atoms with Gasteiger partial charge in [0.15, 0.2) is 5.92 Å². The summed E-state index contributed by atoms with van der Waals surface area (Å²) in [5, 5.41) is 17.7. The second kappa shape index (κ2) is 5.42. The molecule has 0 radical (unpaired) electrons. The fourth-order valence-corrected chi connectivity index (χ4v) is 1.62. The minimum absolute atomic E-state index is 0.0115. The molecule has 0 amide bonds. The second-order valence-electron chi connectivity index (χ2n) is 3.65. The van der Waals surface area contributed by atoms with Crippen molar-refractivity contribution in [3.8, 4) is 12.1 Å². The van der Waals surface area contributed by atoms with Gasteiger partial charge in [-0.15, -0.1) is 0 Å². The maximum atomic E-state index is 14.2. The smallest absolute Gasteiger partial charge is 0.324 e. The van der Waals surface area contributed by atoms with Crippen molar-refractivity contribution in [1.82, 2.24) is 0 Å². The number of alkyl halides is 1. The van der Waals surface area contributed by atoms with Crippen molar-refractivity contribution in [2.45, 2.75) is 12.6 Å². The summed E-state index contributed by atoms with van der Waals surface area (Å²) in [6.07, 6.45) is 2.25. The summed E-state index contributed by atoms with van der Waals surface area (Å²) >= 11 is 0. The standard InChI is InChI=1S/C12H10F2N2O2/c1-2-18-11(17)9(6-15)10-5-8(13)3-4-12(10,14)7-16/h3-5,9-10H,2H2,1H3. The molecule has 1 rings (SSSR count). The molecule has 3 unspecified atom stereocenters. The highest BCUT2D eigenvalue weighted by molar-refractivity contribution is 5.76. The van der Waals surface area contributed by atoms with Crippen molar-refractivity contribution < 1.29 is 18.3 Å². The maximum Gasteiger partial charge on any atom is 0.324 e. The molecule has 0 aromatic rings. The van der Waals surface area contributed by atoms with Crippen LogP contribution in [0.3, 0.4) is 0 Å². The summed E-state index contributed by atoms with van der Waals surface area (Å²) in [7, 11) is 0. The minimum Gasteiger partial charge on any atom is -0.465 e. The van der Waals surface area contributed by atoms with Crippen LogP contribution < -0.4 is 0 Å². The molecular weight excluding hydrogens is 242 g/mol. The molecule has 0 fully saturated rings. The molecule has 0 bridgehead atoms. The molecule has 0 aromatic heterocycles. The summed E-state index contributed by atoms with van der Waals surface area (Å²) in [5.74, 6) is -4.85. The Bertz CT molecular complexity index is 487. The fraction of sp³-hybridized carbons (Fsp3) is 0.417. The zero-order valence-corrected chi connectivity index (χ0v) is 9.56. The van der Waals surface area contributed by atoms with Gasteiger partial charge < -0.3 is 4.74 Å². The molecule has 0 aromatic carbocycles. The van der Waals surface area contributed by atoms with Crippen molar-refractivity contribution in [3.63, 3.8) is 0 Å². The molecule has 0 spiro atoms. The Morgan fingerprint density at radius 3 is 2.83 bits per heavy atom. The van der Waals surface area contributed by atoms with Gasteiger partial charge in [0, 0.05) is 0 Å². The first-order chi connectivity index (χ1) is 8.48. The first-order valence-electron chi connectivity index (χ1n) is 5.21. The van der Waals surface area contributed by atoms with Crippen molar-refractivity contribution in [1.29, 1.82) is 10.5 Å². The van der Waals surface area contributed by atoms with Gasteiger partial charge in [-0.05, 0) is 25.2 Å². The molecule has 6 heteroatoms. The average molecular weight is 252 g/mol. The Morgan fingerprint density at radius 2 is 2.33 bits per heavy atom. The Hall–Kier alpha value is -2.21. The van der Waals surface area contributed by atoms with Gasteiger partial charge in [-0.2, -0.15) is 10.5 Å². The number of nitrogens with zero attached hydrogens (tertiary/aromatic N) is 2.